The topological polar surface area (TPSA) is 30.0 Å². The molecule has 2 aromatic rings. The third-order valence-electron chi connectivity index (χ3n) is 2.85. The standard InChI is InChI=1S/C15H15NO/c1-11-5-3-6-12(2)15(11)14(17)9-13-7-4-8-16-10-13/h3-8,10H,9H2,1-2H3. The summed E-state index contributed by atoms with van der Waals surface area (Å²) in [6, 6.07) is 9.71. The Morgan fingerprint density at radius 3 is 2.41 bits per heavy atom. The smallest absolute Gasteiger partial charge is 0.167 e. The molecule has 0 fully saturated rings. The summed E-state index contributed by atoms with van der Waals surface area (Å²) >= 11 is 0. The molecule has 1 aromatic carbocycles. The van der Waals surface area contributed by atoms with Crippen LogP contribution in [0, 0.1) is 13.8 Å². The molecule has 1 heterocycles. The molecule has 0 aliphatic rings. The molecule has 0 aliphatic carbocycles. The maximum atomic E-state index is 12.2. The van der Waals surface area contributed by atoms with E-state index in [4.69, 9.17) is 0 Å². The van der Waals surface area contributed by atoms with E-state index in [2.05, 4.69) is 4.98 Å². The van der Waals surface area contributed by atoms with Crippen LogP contribution in [-0.4, -0.2) is 10.8 Å². The van der Waals surface area contributed by atoms with E-state index in [0.29, 0.717) is 6.42 Å². The van der Waals surface area contributed by atoms with Gasteiger partial charge in [0.1, 0.15) is 0 Å². The molecule has 86 valence electrons. The minimum atomic E-state index is 0.161. The van der Waals surface area contributed by atoms with Crippen molar-refractivity contribution in [1.82, 2.24) is 4.98 Å². The van der Waals surface area contributed by atoms with Crippen molar-refractivity contribution in [3.05, 3.63) is 65.0 Å². The summed E-state index contributed by atoms with van der Waals surface area (Å²) in [4.78, 5) is 16.3. The van der Waals surface area contributed by atoms with Crippen LogP contribution < -0.4 is 0 Å². The van der Waals surface area contributed by atoms with Crippen molar-refractivity contribution in [3.8, 4) is 0 Å². The van der Waals surface area contributed by atoms with Gasteiger partial charge in [-0.3, -0.25) is 9.78 Å². The van der Waals surface area contributed by atoms with Crippen molar-refractivity contribution in [2.75, 3.05) is 0 Å². The predicted molar refractivity (Wildman–Crippen MR) is 68.2 cm³/mol. The van der Waals surface area contributed by atoms with Crippen molar-refractivity contribution in [3.63, 3.8) is 0 Å². The first kappa shape index (κ1) is 11.5. The number of hydrogen-bond donors (Lipinski definition) is 0. The van der Waals surface area contributed by atoms with Crippen LogP contribution in [0.4, 0.5) is 0 Å². The Morgan fingerprint density at radius 2 is 1.82 bits per heavy atom. The normalized spacial score (nSPS) is 10.2. The molecular formula is C15H15NO. The molecule has 0 spiro atoms. The summed E-state index contributed by atoms with van der Waals surface area (Å²) in [7, 11) is 0. The second kappa shape index (κ2) is 4.91. The molecule has 0 saturated carbocycles. The van der Waals surface area contributed by atoms with E-state index in [1.54, 1.807) is 12.4 Å². The molecule has 1 aromatic heterocycles. The molecule has 0 atom stereocenters. The molecule has 0 aliphatic heterocycles. The number of aromatic nitrogens is 1. The highest BCUT2D eigenvalue weighted by molar-refractivity contribution is 6.00. The summed E-state index contributed by atoms with van der Waals surface area (Å²) in [6.07, 6.45) is 3.87. The van der Waals surface area contributed by atoms with Gasteiger partial charge in [-0.2, -0.15) is 0 Å². The molecule has 2 nitrogen and oxygen atoms in total. The highest BCUT2D eigenvalue weighted by Crippen LogP contribution is 2.16. The van der Waals surface area contributed by atoms with Crippen molar-refractivity contribution >= 4 is 5.78 Å². The van der Waals surface area contributed by atoms with Gasteiger partial charge >= 0.3 is 0 Å². The molecule has 2 heteroatoms. The highest BCUT2D eigenvalue weighted by atomic mass is 16.1. The lowest BCUT2D eigenvalue weighted by molar-refractivity contribution is 0.0991. The Kier molecular flexibility index (Phi) is 3.33. The summed E-state index contributed by atoms with van der Waals surface area (Å²) in [5.74, 6) is 0.161. The lowest BCUT2D eigenvalue weighted by atomic mass is 9.96. The monoisotopic (exact) mass is 225 g/mol. The third kappa shape index (κ3) is 2.59. The van der Waals surface area contributed by atoms with Crippen LogP contribution in [0.2, 0.25) is 0 Å². The van der Waals surface area contributed by atoms with Crippen LogP contribution in [0.25, 0.3) is 0 Å². The maximum Gasteiger partial charge on any atom is 0.167 e. The lowest BCUT2D eigenvalue weighted by Gasteiger charge is -2.08. The van der Waals surface area contributed by atoms with Crippen LogP contribution in [-0.2, 0) is 6.42 Å². The average Bonchev–Trinajstić information content (AvgIpc) is 2.30. The fourth-order valence-electron chi connectivity index (χ4n) is 2.03. The van der Waals surface area contributed by atoms with E-state index in [9.17, 15) is 4.79 Å². The number of ketones is 1. The van der Waals surface area contributed by atoms with Crippen molar-refractivity contribution < 1.29 is 4.79 Å². The quantitative estimate of drug-likeness (QED) is 0.751. The van der Waals surface area contributed by atoms with E-state index in [0.717, 1.165) is 22.3 Å². The second-order valence-corrected chi connectivity index (χ2v) is 4.23. The number of nitrogens with zero attached hydrogens (tertiary/aromatic N) is 1. The van der Waals surface area contributed by atoms with Crippen molar-refractivity contribution in [1.29, 1.82) is 0 Å². The van der Waals surface area contributed by atoms with Gasteiger partial charge in [0.25, 0.3) is 0 Å². The van der Waals surface area contributed by atoms with Crippen LogP contribution >= 0.6 is 0 Å². The fraction of sp³-hybridized carbons (Fsp3) is 0.200. The number of aryl methyl sites for hydroxylation is 2. The average molecular weight is 225 g/mol. The Bertz CT molecular complexity index is 512. The summed E-state index contributed by atoms with van der Waals surface area (Å²) in [5.41, 5.74) is 3.88. The largest absolute Gasteiger partial charge is 0.294 e. The van der Waals surface area contributed by atoms with Gasteiger partial charge in [0.15, 0.2) is 5.78 Å². The van der Waals surface area contributed by atoms with Gasteiger partial charge in [-0.1, -0.05) is 24.3 Å². The predicted octanol–water partition coefficient (Wildman–Crippen LogP) is 3.12. The lowest BCUT2D eigenvalue weighted by Crippen LogP contribution is -2.08. The van der Waals surface area contributed by atoms with E-state index in [1.807, 2.05) is 44.2 Å². The molecule has 2 rings (SSSR count). The molecule has 17 heavy (non-hydrogen) atoms. The Balaban J connectivity index is 2.27. The van der Waals surface area contributed by atoms with Gasteiger partial charge in [0.2, 0.25) is 0 Å². The Labute approximate surface area is 101 Å². The van der Waals surface area contributed by atoms with Gasteiger partial charge in [0.05, 0.1) is 0 Å². The first-order chi connectivity index (χ1) is 8.18. The number of carbonyl (C=O) groups excluding carboxylic acids is 1. The number of hydrogen-bond acceptors (Lipinski definition) is 2. The summed E-state index contributed by atoms with van der Waals surface area (Å²) in [5, 5.41) is 0. The van der Waals surface area contributed by atoms with Gasteiger partial charge in [-0.05, 0) is 36.6 Å². The molecular weight excluding hydrogens is 210 g/mol. The Hall–Kier alpha value is -1.96. The van der Waals surface area contributed by atoms with Crippen LogP contribution in [0.15, 0.2) is 42.7 Å². The maximum absolute atomic E-state index is 12.2. The van der Waals surface area contributed by atoms with Gasteiger partial charge in [0, 0.05) is 24.4 Å². The second-order valence-electron chi connectivity index (χ2n) is 4.23. The van der Waals surface area contributed by atoms with Gasteiger partial charge in [-0.25, -0.2) is 0 Å². The van der Waals surface area contributed by atoms with Crippen LogP contribution in [0.1, 0.15) is 27.0 Å². The fourth-order valence-corrected chi connectivity index (χ4v) is 2.03. The van der Waals surface area contributed by atoms with E-state index >= 15 is 0 Å². The molecule has 0 saturated heterocycles. The SMILES string of the molecule is Cc1cccc(C)c1C(=O)Cc1cccnc1. The number of carbonyl (C=O) groups is 1. The summed E-state index contributed by atoms with van der Waals surface area (Å²) in [6.45, 7) is 3.95. The number of pyridine rings is 1. The molecule has 0 unspecified atom stereocenters. The van der Waals surface area contributed by atoms with Crippen molar-refractivity contribution in [2.24, 2.45) is 0 Å². The zero-order valence-corrected chi connectivity index (χ0v) is 10.1. The van der Waals surface area contributed by atoms with Gasteiger partial charge in [-0.15, -0.1) is 0 Å². The number of Topliss-reactive ketones (excluding diaryl/α,β-unsaturated/α-hetero) is 1. The van der Waals surface area contributed by atoms with E-state index in [1.165, 1.54) is 0 Å². The van der Waals surface area contributed by atoms with Gasteiger partial charge < -0.3 is 0 Å². The first-order valence-corrected chi connectivity index (χ1v) is 5.67. The van der Waals surface area contributed by atoms with Crippen LogP contribution in [0.5, 0.6) is 0 Å². The van der Waals surface area contributed by atoms with E-state index < -0.39 is 0 Å². The third-order valence-corrected chi connectivity index (χ3v) is 2.85. The summed E-state index contributed by atoms with van der Waals surface area (Å²) < 4.78 is 0. The first-order valence-electron chi connectivity index (χ1n) is 5.67. The van der Waals surface area contributed by atoms with Crippen molar-refractivity contribution in [2.45, 2.75) is 20.3 Å². The molecule has 0 N–H and O–H groups in total. The minimum Gasteiger partial charge on any atom is -0.294 e. The molecule has 0 radical (unpaired) electrons. The molecule has 0 amide bonds. The zero-order chi connectivity index (χ0) is 12.3. The molecule has 0 bridgehead atoms. The van der Waals surface area contributed by atoms with E-state index in [-0.39, 0.29) is 5.78 Å². The number of benzene rings is 1. The number of rotatable bonds is 3. The Morgan fingerprint density at radius 1 is 1.12 bits per heavy atom. The highest BCUT2D eigenvalue weighted by Gasteiger charge is 2.12. The zero-order valence-electron chi connectivity index (χ0n) is 10.1. The minimum absolute atomic E-state index is 0.161. The van der Waals surface area contributed by atoms with Crippen LogP contribution in [0.3, 0.4) is 0 Å².